The summed E-state index contributed by atoms with van der Waals surface area (Å²) in [6, 6.07) is 11.1. The van der Waals surface area contributed by atoms with Crippen molar-refractivity contribution in [2.45, 2.75) is 31.8 Å². The number of amides is 2. The van der Waals surface area contributed by atoms with Gasteiger partial charge in [0.05, 0.1) is 16.9 Å². The first-order valence-electron chi connectivity index (χ1n) is 11.4. The van der Waals surface area contributed by atoms with Crippen LogP contribution < -0.4 is 21.7 Å². The van der Waals surface area contributed by atoms with Crippen LogP contribution in [-0.2, 0) is 6.54 Å². The number of hydrogen-bond acceptors (Lipinski definition) is 6. The molecule has 182 valence electrons. The van der Waals surface area contributed by atoms with Crippen LogP contribution in [0.25, 0.3) is 11.3 Å². The SMILES string of the molecule is Nc1ncc(-c2cccc(C(=O)NCc3ccc(F)c(Cl)c3)c2)nc1C(=O)NC1CCCCNC1. The summed E-state index contributed by atoms with van der Waals surface area (Å²) < 4.78 is 13.3. The highest BCUT2D eigenvalue weighted by atomic mass is 35.5. The smallest absolute Gasteiger partial charge is 0.274 e. The monoisotopic (exact) mass is 496 g/mol. The minimum absolute atomic E-state index is 0.00197. The van der Waals surface area contributed by atoms with Crippen molar-refractivity contribution in [2.75, 3.05) is 18.8 Å². The molecule has 0 saturated carbocycles. The molecule has 1 fully saturated rings. The van der Waals surface area contributed by atoms with E-state index < -0.39 is 5.82 Å². The Hall–Kier alpha value is -3.56. The number of benzene rings is 2. The molecule has 35 heavy (non-hydrogen) atoms. The van der Waals surface area contributed by atoms with Crippen LogP contribution >= 0.6 is 11.6 Å². The van der Waals surface area contributed by atoms with Gasteiger partial charge in [0, 0.05) is 30.3 Å². The third-order valence-corrected chi connectivity index (χ3v) is 6.05. The quantitative estimate of drug-likeness (QED) is 0.415. The molecule has 1 atom stereocenters. The number of halogens is 2. The fourth-order valence-corrected chi connectivity index (χ4v) is 4.06. The van der Waals surface area contributed by atoms with Crippen molar-refractivity contribution in [3.8, 4) is 11.3 Å². The maximum absolute atomic E-state index is 13.3. The second kappa shape index (κ2) is 11.2. The van der Waals surface area contributed by atoms with E-state index in [1.54, 1.807) is 30.3 Å². The highest BCUT2D eigenvalue weighted by molar-refractivity contribution is 6.30. The third kappa shape index (κ3) is 6.32. The van der Waals surface area contributed by atoms with Crippen LogP contribution in [0.1, 0.15) is 45.7 Å². The maximum Gasteiger partial charge on any atom is 0.274 e. The van der Waals surface area contributed by atoms with E-state index in [1.165, 1.54) is 18.3 Å². The molecule has 3 aromatic rings. The highest BCUT2D eigenvalue weighted by Crippen LogP contribution is 2.21. The number of carbonyl (C=O) groups excluding carboxylic acids is 2. The van der Waals surface area contributed by atoms with Crippen LogP contribution in [0.4, 0.5) is 10.2 Å². The van der Waals surface area contributed by atoms with Crippen LogP contribution in [0.5, 0.6) is 0 Å². The summed E-state index contributed by atoms with van der Waals surface area (Å²) in [6.45, 7) is 1.82. The van der Waals surface area contributed by atoms with E-state index in [2.05, 4.69) is 25.9 Å². The first kappa shape index (κ1) is 24.6. The van der Waals surface area contributed by atoms with E-state index >= 15 is 0 Å². The predicted molar refractivity (Wildman–Crippen MR) is 132 cm³/mol. The number of hydrogen-bond donors (Lipinski definition) is 4. The Balaban J connectivity index is 1.47. The minimum atomic E-state index is -0.516. The van der Waals surface area contributed by atoms with Gasteiger partial charge in [-0.25, -0.2) is 14.4 Å². The lowest BCUT2D eigenvalue weighted by atomic mass is 10.1. The molecule has 0 radical (unpaired) electrons. The summed E-state index contributed by atoms with van der Waals surface area (Å²) >= 11 is 5.80. The molecule has 1 saturated heterocycles. The molecule has 1 aliphatic heterocycles. The van der Waals surface area contributed by atoms with Crippen molar-refractivity contribution in [3.63, 3.8) is 0 Å². The zero-order chi connectivity index (χ0) is 24.8. The Morgan fingerprint density at radius 3 is 2.86 bits per heavy atom. The largest absolute Gasteiger partial charge is 0.382 e. The summed E-state index contributed by atoms with van der Waals surface area (Å²) in [5, 5.41) is 9.07. The number of nitrogens with one attached hydrogen (secondary N) is 3. The van der Waals surface area contributed by atoms with Crippen molar-refractivity contribution >= 4 is 29.2 Å². The second-order valence-corrected chi connectivity index (χ2v) is 8.78. The predicted octanol–water partition coefficient (Wildman–Crippen LogP) is 3.32. The normalized spacial score (nSPS) is 15.8. The van der Waals surface area contributed by atoms with Crippen LogP contribution in [0.2, 0.25) is 5.02 Å². The summed E-state index contributed by atoms with van der Waals surface area (Å²) in [6.07, 6.45) is 4.46. The molecule has 10 heteroatoms. The molecule has 1 unspecified atom stereocenters. The van der Waals surface area contributed by atoms with Crippen molar-refractivity contribution in [1.82, 2.24) is 25.9 Å². The van der Waals surface area contributed by atoms with E-state index in [1.807, 2.05) is 0 Å². The standard InChI is InChI=1S/C25H26ClFN6O2/c26-19-10-15(7-8-20(19)27)12-31-24(34)17-5-3-4-16(11-17)21-14-30-23(28)22(33-21)25(35)32-18-6-1-2-9-29-13-18/h3-5,7-8,10-11,14,18,29H,1-2,6,9,12-13H2,(H2,28,30)(H,31,34)(H,32,35). The van der Waals surface area contributed by atoms with Gasteiger partial charge in [0.1, 0.15) is 5.82 Å². The molecular formula is C25H26ClFN6O2. The van der Waals surface area contributed by atoms with Crippen molar-refractivity contribution in [1.29, 1.82) is 0 Å². The zero-order valence-corrected chi connectivity index (χ0v) is 19.7. The second-order valence-electron chi connectivity index (χ2n) is 8.37. The van der Waals surface area contributed by atoms with Crippen molar-refractivity contribution < 1.29 is 14.0 Å². The van der Waals surface area contributed by atoms with E-state index in [4.69, 9.17) is 17.3 Å². The number of nitrogens with zero attached hydrogens (tertiary/aromatic N) is 2. The van der Waals surface area contributed by atoms with Gasteiger partial charge in [0.2, 0.25) is 0 Å². The van der Waals surface area contributed by atoms with Gasteiger partial charge in [-0.1, -0.05) is 36.2 Å². The van der Waals surface area contributed by atoms with Crippen LogP contribution in [0, 0.1) is 5.82 Å². The Morgan fingerprint density at radius 2 is 2.03 bits per heavy atom. The Bertz CT molecular complexity index is 1230. The number of nitrogen functional groups attached to an aromatic ring is 1. The lowest BCUT2D eigenvalue weighted by Crippen LogP contribution is -2.41. The first-order chi connectivity index (χ1) is 16.9. The number of aromatic nitrogens is 2. The topological polar surface area (TPSA) is 122 Å². The van der Waals surface area contributed by atoms with Crippen molar-refractivity contribution in [2.24, 2.45) is 0 Å². The third-order valence-electron chi connectivity index (χ3n) is 5.76. The summed E-state index contributed by atoms with van der Waals surface area (Å²) in [5.41, 5.74) is 8.10. The molecule has 0 aliphatic carbocycles. The average Bonchev–Trinajstić information content (AvgIpc) is 3.13. The van der Waals surface area contributed by atoms with E-state index in [9.17, 15) is 14.0 Å². The van der Waals surface area contributed by atoms with Gasteiger partial charge in [0.15, 0.2) is 11.5 Å². The molecule has 5 N–H and O–H groups in total. The van der Waals surface area contributed by atoms with Gasteiger partial charge in [-0.15, -0.1) is 0 Å². The van der Waals surface area contributed by atoms with Crippen LogP contribution in [0.15, 0.2) is 48.7 Å². The van der Waals surface area contributed by atoms with Crippen LogP contribution in [-0.4, -0.2) is 40.9 Å². The van der Waals surface area contributed by atoms with E-state index in [0.29, 0.717) is 28.9 Å². The summed E-state index contributed by atoms with van der Waals surface area (Å²) in [4.78, 5) is 34.1. The number of nitrogens with two attached hydrogens (primary N) is 1. The molecule has 0 spiro atoms. The Kier molecular flexibility index (Phi) is 7.89. The van der Waals surface area contributed by atoms with Gasteiger partial charge in [0.25, 0.3) is 11.8 Å². The molecular weight excluding hydrogens is 471 g/mol. The first-order valence-corrected chi connectivity index (χ1v) is 11.7. The molecule has 2 heterocycles. The summed E-state index contributed by atoms with van der Waals surface area (Å²) in [7, 11) is 0. The maximum atomic E-state index is 13.3. The van der Waals surface area contributed by atoms with Gasteiger partial charge in [-0.3, -0.25) is 9.59 Å². The molecule has 1 aromatic heterocycles. The van der Waals surface area contributed by atoms with E-state index in [-0.39, 0.29) is 40.9 Å². The Labute approximate surface area is 207 Å². The fourth-order valence-electron chi connectivity index (χ4n) is 3.85. The number of carbonyl (C=O) groups is 2. The molecule has 2 aromatic carbocycles. The zero-order valence-electron chi connectivity index (χ0n) is 19.0. The van der Waals surface area contributed by atoms with Gasteiger partial charge in [-0.05, 0) is 49.2 Å². The molecule has 1 aliphatic rings. The van der Waals surface area contributed by atoms with E-state index in [0.717, 1.165) is 25.8 Å². The van der Waals surface area contributed by atoms with Gasteiger partial charge >= 0.3 is 0 Å². The van der Waals surface area contributed by atoms with Gasteiger partial charge in [-0.2, -0.15) is 0 Å². The van der Waals surface area contributed by atoms with Crippen molar-refractivity contribution in [3.05, 3.63) is 76.3 Å². The molecule has 2 amide bonds. The Morgan fingerprint density at radius 1 is 1.17 bits per heavy atom. The fraction of sp³-hybridized carbons (Fsp3) is 0.280. The molecule has 0 bridgehead atoms. The lowest BCUT2D eigenvalue weighted by molar-refractivity contribution is 0.0928. The number of anilines is 1. The average molecular weight is 497 g/mol. The lowest BCUT2D eigenvalue weighted by Gasteiger charge is -2.16. The molecule has 4 rings (SSSR count). The van der Waals surface area contributed by atoms with Crippen LogP contribution in [0.3, 0.4) is 0 Å². The minimum Gasteiger partial charge on any atom is -0.382 e. The summed E-state index contributed by atoms with van der Waals surface area (Å²) in [5.74, 6) is -1.18. The molecule has 8 nitrogen and oxygen atoms in total. The highest BCUT2D eigenvalue weighted by Gasteiger charge is 2.20. The number of rotatable bonds is 6. The van der Waals surface area contributed by atoms with Gasteiger partial charge < -0.3 is 21.7 Å².